The Morgan fingerprint density at radius 1 is 1.16 bits per heavy atom. The van der Waals surface area contributed by atoms with E-state index in [1.54, 1.807) is 0 Å². The lowest BCUT2D eigenvalue weighted by Gasteiger charge is -2.06. The summed E-state index contributed by atoms with van der Waals surface area (Å²) in [5, 5.41) is 4.41. The van der Waals surface area contributed by atoms with E-state index in [-0.39, 0.29) is 24.0 Å². The van der Waals surface area contributed by atoms with Gasteiger partial charge >= 0.3 is 0 Å². The summed E-state index contributed by atoms with van der Waals surface area (Å²) in [5.74, 6) is 0.454. The third-order valence-electron chi connectivity index (χ3n) is 4.31. The highest BCUT2D eigenvalue weighted by Gasteiger charge is 2.04. The molecule has 0 spiro atoms. The number of para-hydroxylation sites is 1. The fourth-order valence-corrected chi connectivity index (χ4v) is 2.88. The molecule has 1 aromatic heterocycles. The van der Waals surface area contributed by atoms with Crippen LogP contribution < -0.4 is 11.1 Å². The van der Waals surface area contributed by atoms with Gasteiger partial charge in [-0.05, 0) is 48.6 Å². The van der Waals surface area contributed by atoms with Crippen LogP contribution in [0.3, 0.4) is 0 Å². The van der Waals surface area contributed by atoms with Crippen molar-refractivity contribution in [1.29, 1.82) is 0 Å². The molecule has 0 unspecified atom stereocenters. The molecule has 0 aliphatic carbocycles. The summed E-state index contributed by atoms with van der Waals surface area (Å²) < 4.78 is 0. The zero-order chi connectivity index (χ0) is 16.9. The lowest BCUT2D eigenvalue weighted by molar-refractivity contribution is 0.972. The monoisotopic (exact) mass is 448 g/mol. The number of benzene rings is 2. The number of guanidine groups is 1. The number of nitrogens with one attached hydrogen (secondary N) is 2. The van der Waals surface area contributed by atoms with Gasteiger partial charge in [-0.2, -0.15) is 0 Å². The van der Waals surface area contributed by atoms with Crippen molar-refractivity contribution in [3.63, 3.8) is 0 Å². The molecule has 3 rings (SSSR count). The molecule has 4 nitrogen and oxygen atoms in total. The van der Waals surface area contributed by atoms with E-state index in [0.717, 1.165) is 18.5 Å². The molecule has 0 aliphatic heterocycles. The van der Waals surface area contributed by atoms with Crippen molar-refractivity contribution in [3.8, 4) is 0 Å². The average Bonchev–Trinajstić information content (AvgIpc) is 3.00. The maximum absolute atomic E-state index is 5.98. The first-order chi connectivity index (χ1) is 11.7. The third-order valence-corrected chi connectivity index (χ3v) is 4.31. The summed E-state index contributed by atoms with van der Waals surface area (Å²) >= 11 is 0. The summed E-state index contributed by atoms with van der Waals surface area (Å²) in [6, 6.07) is 14.6. The van der Waals surface area contributed by atoms with Crippen LogP contribution in [0.5, 0.6) is 0 Å². The predicted octanol–water partition coefficient (Wildman–Crippen LogP) is 4.63. The molecular weight excluding hydrogens is 423 g/mol. The number of aromatic amines is 1. The van der Waals surface area contributed by atoms with Gasteiger partial charge in [0.15, 0.2) is 5.96 Å². The van der Waals surface area contributed by atoms with Crippen molar-refractivity contribution in [1.82, 2.24) is 4.98 Å². The van der Waals surface area contributed by atoms with E-state index in [1.807, 2.05) is 12.1 Å². The smallest absolute Gasteiger partial charge is 0.193 e. The Kier molecular flexibility index (Phi) is 6.87. The van der Waals surface area contributed by atoms with E-state index in [2.05, 4.69) is 65.7 Å². The third kappa shape index (κ3) is 4.75. The van der Waals surface area contributed by atoms with Crippen molar-refractivity contribution >= 4 is 46.5 Å². The SMILES string of the molecule is CCc1ccc(NC(N)=NCCc2c[nH]c3c(C)cccc23)cc1.I. The summed E-state index contributed by atoms with van der Waals surface area (Å²) in [6.07, 6.45) is 3.97. The number of nitrogens with two attached hydrogens (primary N) is 1. The minimum atomic E-state index is 0. The van der Waals surface area contributed by atoms with E-state index in [9.17, 15) is 0 Å². The minimum absolute atomic E-state index is 0. The van der Waals surface area contributed by atoms with E-state index in [4.69, 9.17) is 5.73 Å². The van der Waals surface area contributed by atoms with Gasteiger partial charge in [0, 0.05) is 29.3 Å². The molecule has 2 aromatic carbocycles. The van der Waals surface area contributed by atoms with Gasteiger partial charge < -0.3 is 16.0 Å². The quantitative estimate of drug-likeness (QED) is 0.303. The van der Waals surface area contributed by atoms with Crippen LogP contribution in [0.2, 0.25) is 0 Å². The van der Waals surface area contributed by atoms with Gasteiger partial charge in [0.05, 0.1) is 0 Å². The molecule has 0 aliphatic rings. The van der Waals surface area contributed by atoms with Crippen molar-refractivity contribution in [2.24, 2.45) is 10.7 Å². The largest absolute Gasteiger partial charge is 0.370 e. The second-order valence-electron chi connectivity index (χ2n) is 6.00. The second-order valence-corrected chi connectivity index (χ2v) is 6.00. The van der Waals surface area contributed by atoms with E-state index in [1.165, 1.54) is 27.6 Å². The molecule has 0 saturated heterocycles. The maximum Gasteiger partial charge on any atom is 0.193 e. The predicted molar refractivity (Wildman–Crippen MR) is 118 cm³/mol. The van der Waals surface area contributed by atoms with Crippen LogP contribution in [0.1, 0.15) is 23.6 Å². The molecule has 132 valence electrons. The Bertz CT molecular complexity index is 850. The van der Waals surface area contributed by atoms with Crippen LogP contribution in [-0.2, 0) is 12.8 Å². The van der Waals surface area contributed by atoms with Gasteiger partial charge in [0.1, 0.15) is 0 Å². The molecule has 5 heteroatoms. The molecule has 0 saturated carbocycles. The number of anilines is 1. The summed E-state index contributed by atoms with van der Waals surface area (Å²) in [7, 11) is 0. The first kappa shape index (κ1) is 19.3. The number of hydrogen-bond acceptors (Lipinski definition) is 1. The van der Waals surface area contributed by atoms with Gasteiger partial charge in [0.25, 0.3) is 0 Å². The van der Waals surface area contributed by atoms with Gasteiger partial charge in [-0.1, -0.05) is 37.3 Å². The number of H-pyrrole nitrogens is 1. The molecule has 0 radical (unpaired) electrons. The highest BCUT2D eigenvalue weighted by Crippen LogP contribution is 2.21. The number of aromatic nitrogens is 1. The first-order valence-corrected chi connectivity index (χ1v) is 8.39. The van der Waals surface area contributed by atoms with Crippen LogP contribution in [0.4, 0.5) is 5.69 Å². The summed E-state index contributed by atoms with van der Waals surface area (Å²) in [4.78, 5) is 7.79. The molecular formula is C20H25IN4. The number of halogens is 1. The van der Waals surface area contributed by atoms with Gasteiger partial charge in [-0.25, -0.2) is 0 Å². The standard InChI is InChI=1S/C20H24N4.HI/c1-3-15-7-9-17(10-8-15)24-20(21)22-12-11-16-13-23-19-14(2)5-4-6-18(16)19;/h4-10,13,23H,3,11-12H2,1-2H3,(H3,21,22,24);1H. The van der Waals surface area contributed by atoms with Crippen molar-refractivity contribution in [2.45, 2.75) is 26.7 Å². The Morgan fingerprint density at radius 3 is 2.64 bits per heavy atom. The lowest BCUT2D eigenvalue weighted by atomic mass is 10.1. The highest BCUT2D eigenvalue weighted by molar-refractivity contribution is 14.0. The average molecular weight is 448 g/mol. The number of rotatable bonds is 5. The number of nitrogens with zero attached hydrogens (tertiary/aromatic N) is 1. The molecule has 25 heavy (non-hydrogen) atoms. The number of aliphatic imine (C=N–C) groups is 1. The first-order valence-electron chi connectivity index (χ1n) is 8.39. The molecule has 0 fully saturated rings. The summed E-state index contributed by atoms with van der Waals surface area (Å²) in [6.45, 7) is 4.92. The van der Waals surface area contributed by atoms with Crippen molar-refractivity contribution in [3.05, 3.63) is 65.4 Å². The fourth-order valence-electron chi connectivity index (χ4n) is 2.88. The fraction of sp³-hybridized carbons (Fsp3) is 0.250. The zero-order valence-corrected chi connectivity index (χ0v) is 17.0. The van der Waals surface area contributed by atoms with Gasteiger partial charge in [0.2, 0.25) is 0 Å². The van der Waals surface area contributed by atoms with Crippen LogP contribution in [0.25, 0.3) is 10.9 Å². The Morgan fingerprint density at radius 2 is 1.92 bits per heavy atom. The van der Waals surface area contributed by atoms with Gasteiger partial charge in [-0.3, -0.25) is 4.99 Å². The second kappa shape index (κ2) is 8.89. The van der Waals surface area contributed by atoms with Crippen LogP contribution in [-0.4, -0.2) is 17.5 Å². The van der Waals surface area contributed by atoms with Crippen molar-refractivity contribution < 1.29 is 0 Å². The summed E-state index contributed by atoms with van der Waals surface area (Å²) in [5.41, 5.74) is 12.0. The van der Waals surface area contributed by atoms with Gasteiger partial charge in [-0.15, -0.1) is 24.0 Å². The topological polar surface area (TPSA) is 66.2 Å². The van der Waals surface area contributed by atoms with Crippen molar-refractivity contribution in [2.75, 3.05) is 11.9 Å². The Hall–Kier alpha value is -2.02. The number of aryl methyl sites for hydroxylation is 2. The molecule has 0 amide bonds. The Labute approximate surface area is 165 Å². The van der Waals surface area contributed by atoms with Crippen LogP contribution in [0, 0.1) is 6.92 Å². The normalized spacial score (nSPS) is 11.4. The molecule has 0 bridgehead atoms. The molecule has 0 atom stereocenters. The van der Waals surface area contributed by atoms with Crippen LogP contribution in [0.15, 0.2) is 53.7 Å². The number of hydrogen-bond donors (Lipinski definition) is 3. The maximum atomic E-state index is 5.98. The molecule has 1 heterocycles. The highest BCUT2D eigenvalue weighted by atomic mass is 127. The lowest BCUT2D eigenvalue weighted by Crippen LogP contribution is -2.23. The number of fused-ring (bicyclic) bond motifs is 1. The zero-order valence-electron chi connectivity index (χ0n) is 14.7. The van der Waals surface area contributed by atoms with E-state index in [0.29, 0.717) is 12.5 Å². The van der Waals surface area contributed by atoms with E-state index >= 15 is 0 Å². The molecule has 3 aromatic rings. The Balaban J connectivity index is 0.00000225. The molecule has 4 N–H and O–H groups in total. The minimum Gasteiger partial charge on any atom is -0.370 e. The van der Waals surface area contributed by atoms with E-state index < -0.39 is 0 Å². The van der Waals surface area contributed by atoms with Crippen LogP contribution >= 0.6 is 24.0 Å².